The van der Waals surface area contributed by atoms with Gasteiger partial charge in [0.2, 0.25) is 5.75 Å². The minimum Gasteiger partial charge on any atom is -0.493 e. The first-order valence-corrected chi connectivity index (χ1v) is 7.68. The first kappa shape index (κ1) is 16.2. The highest BCUT2D eigenvalue weighted by atomic mass is 32.2. The molecular formula is C14H17N3O4S. The summed E-state index contributed by atoms with van der Waals surface area (Å²) in [6.45, 7) is -0.0703. The van der Waals surface area contributed by atoms with Gasteiger partial charge in [-0.3, -0.25) is 0 Å². The Morgan fingerprint density at radius 2 is 1.95 bits per heavy atom. The van der Waals surface area contributed by atoms with Gasteiger partial charge >= 0.3 is 0 Å². The third kappa shape index (κ3) is 3.71. The topological polar surface area (TPSA) is 99.7 Å². The molecule has 22 heavy (non-hydrogen) atoms. The number of hydrogen-bond donors (Lipinski definition) is 2. The minimum atomic E-state index is -0.146. The Morgan fingerprint density at radius 1 is 1.23 bits per heavy atom. The summed E-state index contributed by atoms with van der Waals surface area (Å²) in [6, 6.07) is 7.12. The number of aliphatic hydroxyl groups excluding tert-OH is 1. The number of aromatic nitrogens is 2. The van der Waals surface area contributed by atoms with Crippen molar-refractivity contribution in [2.45, 2.75) is 5.16 Å². The summed E-state index contributed by atoms with van der Waals surface area (Å²) in [4.78, 5) is 8.35. The molecule has 8 heteroatoms. The van der Waals surface area contributed by atoms with Crippen molar-refractivity contribution in [2.24, 2.45) is 0 Å². The van der Waals surface area contributed by atoms with Crippen LogP contribution in [0.5, 0.6) is 23.1 Å². The van der Waals surface area contributed by atoms with Gasteiger partial charge in [0.25, 0.3) is 5.88 Å². The van der Waals surface area contributed by atoms with E-state index in [2.05, 4.69) is 9.97 Å². The number of hydrogen-bond acceptors (Lipinski definition) is 8. The molecule has 1 aromatic carbocycles. The summed E-state index contributed by atoms with van der Waals surface area (Å²) >= 11 is 1.33. The maximum Gasteiger partial charge on any atom is 0.264 e. The van der Waals surface area contributed by atoms with E-state index in [9.17, 15) is 0 Å². The maximum absolute atomic E-state index is 8.92. The molecule has 0 aliphatic carbocycles. The lowest BCUT2D eigenvalue weighted by Gasteiger charge is -2.15. The fraction of sp³-hybridized carbons (Fsp3) is 0.286. The van der Waals surface area contributed by atoms with E-state index in [0.29, 0.717) is 16.7 Å². The quantitative estimate of drug-likeness (QED) is 0.589. The summed E-state index contributed by atoms with van der Waals surface area (Å²) in [7, 11) is 1.54. The molecule has 0 aliphatic rings. The van der Waals surface area contributed by atoms with Gasteiger partial charge in [0.05, 0.1) is 13.7 Å². The van der Waals surface area contributed by atoms with Crippen molar-refractivity contribution < 1.29 is 19.3 Å². The van der Waals surface area contributed by atoms with Gasteiger partial charge in [-0.2, -0.15) is 4.98 Å². The van der Waals surface area contributed by atoms with Gasteiger partial charge in [0.1, 0.15) is 6.61 Å². The normalized spacial score (nSPS) is 10.3. The summed E-state index contributed by atoms with van der Waals surface area (Å²) in [5.41, 5.74) is 5.94. The summed E-state index contributed by atoms with van der Waals surface area (Å²) < 4.78 is 16.4. The zero-order chi connectivity index (χ0) is 15.9. The number of aliphatic hydroxyl groups is 1. The van der Waals surface area contributed by atoms with Crippen LogP contribution < -0.4 is 19.9 Å². The monoisotopic (exact) mass is 323 g/mol. The first-order chi connectivity index (χ1) is 10.7. The van der Waals surface area contributed by atoms with Gasteiger partial charge in [-0.15, -0.1) is 0 Å². The predicted octanol–water partition coefficient (Wildman–Crippen LogP) is 1.95. The average Bonchev–Trinajstić information content (AvgIpc) is 2.55. The number of thioether (sulfide) groups is 1. The molecule has 0 bridgehead atoms. The summed E-state index contributed by atoms with van der Waals surface area (Å²) in [5, 5.41) is 9.38. The molecule has 118 valence electrons. The van der Waals surface area contributed by atoms with Crippen LogP contribution in [0.4, 0.5) is 5.82 Å². The van der Waals surface area contributed by atoms with Gasteiger partial charge in [0, 0.05) is 0 Å². The Morgan fingerprint density at radius 3 is 2.59 bits per heavy atom. The highest BCUT2D eigenvalue weighted by Gasteiger charge is 2.18. The van der Waals surface area contributed by atoms with Crippen molar-refractivity contribution in [3.63, 3.8) is 0 Å². The van der Waals surface area contributed by atoms with Crippen LogP contribution in [-0.2, 0) is 0 Å². The highest BCUT2D eigenvalue weighted by molar-refractivity contribution is 7.98. The van der Waals surface area contributed by atoms with Crippen molar-refractivity contribution in [1.82, 2.24) is 9.97 Å². The second kappa shape index (κ2) is 7.71. The van der Waals surface area contributed by atoms with Crippen molar-refractivity contribution in [3.8, 4) is 23.1 Å². The van der Waals surface area contributed by atoms with E-state index in [4.69, 9.17) is 25.1 Å². The number of anilines is 1. The minimum absolute atomic E-state index is 0.0760. The molecule has 0 amide bonds. The van der Waals surface area contributed by atoms with Crippen LogP contribution >= 0.6 is 11.8 Å². The Bertz CT molecular complexity index is 639. The van der Waals surface area contributed by atoms with E-state index in [1.807, 2.05) is 12.3 Å². The van der Waals surface area contributed by atoms with Gasteiger partial charge in [0.15, 0.2) is 22.5 Å². The largest absolute Gasteiger partial charge is 0.493 e. The first-order valence-electron chi connectivity index (χ1n) is 6.45. The Balaban J connectivity index is 2.40. The number of para-hydroxylation sites is 2. The number of ether oxygens (including phenoxy) is 3. The molecule has 0 unspecified atom stereocenters. The second-order valence-electron chi connectivity index (χ2n) is 4.05. The highest BCUT2D eigenvalue weighted by Crippen LogP contribution is 2.39. The van der Waals surface area contributed by atoms with Crippen LogP contribution in [0.25, 0.3) is 0 Å². The van der Waals surface area contributed by atoms with Crippen molar-refractivity contribution in [3.05, 3.63) is 24.3 Å². The summed E-state index contributed by atoms with van der Waals surface area (Å²) in [5.74, 6) is 1.53. The van der Waals surface area contributed by atoms with Crippen LogP contribution in [0.3, 0.4) is 0 Å². The Labute approximate surface area is 132 Å². The molecule has 0 saturated carbocycles. The SMILES string of the molecule is COc1ccccc1Oc1c(N)nc(SC)nc1OCCO. The molecule has 0 fully saturated rings. The van der Waals surface area contributed by atoms with Gasteiger partial charge in [-0.25, -0.2) is 4.98 Å². The zero-order valence-corrected chi connectivity index (χ0v) is 13.1. The average molecular weight is 323 g/mol. The number of nitrogens with two attached hydrogens (primary N) is 1. The smallest absolute Gasteiger partial charge is 0.264 e. The van der Waals surface area contributed by atoms with Crippen LogP contribution in [-0.4, -0.2) is 41.7 Å². The fourth-order valence-corrected chi connectivity index (χ4v) is 2.03. The molecule has 2 rings (SSSR count). The van der Waals surface area contributed by atoms with Gasteiger partial charge < -0.3 is 25.1 Å². The molecule has 0 saturated heterocycles. The Hall–Kier alpha value is -2.19. The molecule has 3 N–H and O–H groups in total. The standard InChI is InChI=1S/C14H17N3O4S/c1-19-9-5-3-4-6-10(9)21-11-12(15)16-14(22-2)17-13(11)20-8-7-18/h3-6,18H,7-8H2,1-2H3,(H2,15,16,17). The van der Waals surface area contributed by atoms with E-state index in [1.165, 1.54) is 11.8 Å². The van der Waals surface area contributed by atoms with E-state index in [1.54, 1.807) is 25.3 Å². The third-order valence-electron chi connectivity index (χ3n) is 2.63. The lowest BCUT2D eigenvalue weighted by molar-refractivity contribution is 0.191. The zero-order valence-electron chi connectivity index (χ0n) is 12.3. The van der Waals surface area contributed by atoms with Crippen molar-refractivity contribution in [1.29, 1.82) is 0 Å². The van der Waals surface area contributed by atoms with E-state index < -0.39 is 0 Å². The van der Waals surface area contributed by atoms with Crippen LogP contribution in [0.2, 0.25) is 0 Å². The molecule has 1 heterocycles. The fourth-order valence-electron chi connectivity index (χ4n) is 1.67. The van der Waals surface area contributed by atoms with Crippen molar-refractivity contribution >= 4 is 17.6 Å². The Kier molecular flexibility index (Phi) is 5.68. The lowest BCUT2D eigenvalue weighted by atomic mass is 10.3. The molecule has 0 aliphatic heterocycles. The lowest BCUT2D eigenvalue weighted by Crippen LogP contribution is -2.08. The van der Waals surface area contributed by atoms with Crippen LogP contribution in [0.15, 0.2) is 29.4 Å². The van der Waals surface area contributed by atoms with E-state index >= 15 is 0 Å². The van der Waals surface area contributed by atoms with Gasteiger partial charge in [-0.1, -0.05) is 23.9 Å². The van der Waals surface area contributed by atoms with Gasteiger partial charge in [-0.05, 0) is 18.4 Å². The number of nitrogen functional groups attached to an aromatic ring is 1. The number of methoxy groups -OCH3 is 1. The number of rotatable bonds is 7. The maximum atomic E-state index is 8.92. The van der Waals surface area contributed by atoms with Crippen molar-refractivity contribution in [2.75, 3.05) is 32.3 Å². The molecule has 0 spiro atoms. The van der Waals surface area contributed by atoms with Crippen LogP contribution in [0.1, 0.15) is 0 Å². The molecule has 7 nitrogen and oxygen atoms in total. The molecule has 0 radical (unpaired) electrons. The molecule has 2 aromatic rings. The molecular weight excluding hydrogens is 306 g/mol. The summed E-state index contributed by atoms with van der Waals surface area (Å²) in [6.07, 6.45) is 1.82. The second-order valence-corrected chi connectivity index (χ2v) is 4.83. The van der Waals surface area contributed by atoms with E-state index in [-0.39, 0.29) is 30.7 Å². The molecule has 0 atom stereocenters. The van der Waals surface area contributed by atoms with E-state index in [0.717, 1.165) is 0 Å². The molecule has 1 aromatic heterocycles. The number of benzene rings is 1. The predicted molar refractivity (Wildman–Crippen MR) is 83.9 cm³/mol. The van der Waals surface area contributed by atoms with Crippen LogP contribution in [0, 0.1) is 0 Å². The third-order valence-corrected chi connectivity index (χ3v) is 3.18. The number of nitrogens with zero attached hydrogens (tertiary/aromatic N) is 2.